The molecule has 0 bridgehead atoms. The van der Waals surface area contributed by atoms with Crippen molar-refractivity contribution in [3.8, 4) is 0 Å². The van der Waals surface area contributed by atoms with Crippen LogP contribution in [0.2, 0.25) is 0 Å². The summed E-state index contributed by atoms with van der Waals surface area (Å²) < 4.78 is 0. The fourth-order valence-corrected chi connectivity index (χ4v) is 2.35. The molecule has 0 unspecified atom stereocenters. The minimum atomic E-state index is -0.323. The monoisotopic (exact) mass is 252 g/mol. The molecule has 3 rings (SSSR count). The molecule has 3 heteroatoms. The van der Waals surface area contributed by atoms with Crippen molar-refractivity contribution in [3.63, 3.8) is 0 Å². The molecule has 1 atom stereocenters. The lowest BCUT2D eigenvalue weighted by atomic mass is 10.0. The van der Waals surface area contributed by atoms with E-state index in [0.29, 0.717) is 0 Å². The first kappa shape index (κ1) is 11.8. The Balaban J connectivity index is 2.00. The van der Waals surface area contributed by atoms with E-state index in [1.807, 2.05) is 43.3 Å². The van der Waals surface area contributed by atoms with E-state index in [2.05, 4.69) is 23.6 Å². The number of benzene rings is 2. The predicted octanol–water partition coefficient (Wildman–Crippen LogP) is 3.41. The van der Waals surface area contributed by atoms with Gasteiger partial charge in [-0.2, -0.15) is 0 Å². The second-order valence-electron chi connectivity index (χ2n) is 4.96. The lowest BCUT2D eigenvalue weighted by Gasteiger charge is -2.28. The predicted molar refractivity (Wildman–Crippen MR) is 77.4 cm³/mol. The molecule has 1 heterocycles. The van der Waals surface area contributed by atoms with Crippen LogP contribution in [0.25, 0.3) is 0 Å². The standard InChI is InChI=1S/C16H16N2O/c1-10-8-13-14(9-11(10)2)18-16(19)15(17-13)12-6-4-3-5-7-12/h3-9,15,17H,1-2H3,(H,18,19)/t15-/m1/s1. The number of carbonyl (C=O) groups is 1. The zero-order valence-electron chi connectivity index (χ0n) is 11.0. The summed E-state index contributed by atoms with van der Waals surface area (Å²) in [5.74, 6) is -0.0121. The SMILES string of the molecule is Cc1cc2c(cc1C)N[C@H](c1ccccc1)C(=O)N2. The number of hydrogen-bond acceptors (Lipinski definition) is 2. The van der Waals surface area contributed by atoms with Gasteiger partial charge in [0.2, 0.25) is 0 Å². The van der Waals surface area contributed by atoms with Crippen molar-refractivity contribution in [2.24, 2.45) is 0 Å². The summed E-state index contributed by atoms with van der Waals surface area (Å²) in [6, 6.07) is 13.5. The molecule has 0 saturated carbocycles. The molecule has 3 nitrogen and oxygen atoms in total. The van der Waals surface area contributed by atoms with E-state index in [9.17, 15) is 4.79 Å². The Hall–Kier alpha value is -2.29. The van der Waals surface area contributed by atoms with E-state index in [0.717, 1.165) is 16.9 Å². The van der Waals surface area contributed by atoms with Gasteiger partial charge in [0.1, 0.15) is 6.04 Å². The third-order valence-electron chi connectivity index (χ3n) is 3.59. The molecule has 0 aromatic heterocycles. The van der Waals surface area contributed by atoms with Gasteiger partial charge in [0.15, 0.2) is 0 Å². The second-order valence-corrected chi connectivity index (χ2v) is 4.96. The van der Waals surface area contributed by atoms with Gasteiger partial charge >= 0.3 is 0 Å². The molecule has 0 radical (unpaired) electrons. The summed E-state index contributed by atoms with van der Waals surface area (Å²) in [7, 11) is 0. The number of rotatable bonds is 1. The van der Waals surface area contributed by atoms with Gasteiger partial charge in [0.05, 0.1) is 11.4 Å². The minimum Gasteiger partial charge on any atom is -0.368 e. The molecular formula is C16H16N2O. The molecule has 1 aliphatic rings. The topological polar surface area (TPSA) is 41.1 Å². The molecule has 2 aromatic carbocycles. The lowest BCUT2D eigenvalue weighted by Crippen LogP contribution is -2.32. The van der Waals surface area contributed by atoms with Crippen LogP contribution < -0.4 is 10.6 Å². The Labute approximate surface area is 112 Å². The quantitative estimate of drug-likeness (QED) is 0.816. The van der Waals surface area contributed by atoms with Gasteiger partial charge in [-0.1, -0.05) is 30.3 Å². The fourth-order valence-electron chi connectivity index (χ4n) is 2.35. The number of nitrogens with one attached hydrogen (secondary N) is 2. The van der Waals surface area contributed by atoms with Crippen molar-refractivity contribution < 1.29 is 4.79 Å². The van der Waals surface area contributed by atoms with Gasteiger partial charge in [-0.25, -0.2) is 0 Å². The second kappa shape index (κ2) is 4.43. The zero-order valence-corrected chi connectivity index (χ0v) is 11.0. The molecule has 2 aromatic rings. The van der Waals surface area contributed by atoms with Crippen molar-refractivity contribution in [2.75, 3.05) is 10.6 Å². The Morgan fingerprint density at radius 3 is 2.26 bits per heavy atom. The molecule has 1 aliphatic heterocycles. The summed E-state index contributed by atoms with van der Waals surface area (Å²) in [6.07, 6.45) is 0. The third-order valence-corrected chi connectivity index (χ3v) is 3.59. The van der Waals surface area contributed by atoms with E-state index in [1.54, 1.807) is 0 Å². The molecule has 19 heavy (non-hydrogen) atoms. The average molecular weight is 252 g/mol. The molecule has 0 fully saturated rings. The van der Waals surface area contributed by atoms with Gasteiger partial charge in [0.25, 0.3) is 5.91 Å². The van der Waals surface area contributed by atoms with Crippen LogP contribution in [0.3, 0.4) is 0 Å². The smallest absolute Gasteiger partial charge is 0.251 e. The van der Waals surface area contributed by atoms with Gasteiger partial charge in [-0.05, 0) is 42.7 Å². The molecule has 2 N–H and O–H groups in total. The van der Waals surface area contributed by atoms with Crippen molar-refractivity contribution in [2.45, 2.75) is 19.9 Å². The number of hydrogen-bond donors (Lipinski definition) is 2. The maximum Gasteiger partial charge on any atom is 0.251 e. The van der Waals surface area contributed by atoms with E-state index in [4.69, 9.17) is 0 Å². The van der Waals surface area contributed by atoms with Crippen LogP contribution in [-0.4, -0.2) is 5.91 Å². The summed E-state index contributed by atoms with van der Waals surface area (Å²) in [4.78, 5) is 12.2. The van der Waals surface area contributed by atoms with Crippen LogP contribution >= 0.6 is 0 Å². The Morgan fingerprint density at radius 1 is 0.947 bits per heavy atom. The highest BCUT2D eigenvalue weighted by molar-refractivity contribution is 6.03. The first-order chi connectivity index (χ1) is 9.15. The first-order valence-electron chi connectivity index (χ1n) is 6.39. The van der Waals surface area contributed by atoms with Crippen LogP contribution in [0, 0.1) is 13.8 Å². The minimum absolute atomic E-state index is 0.0121. The Kier molecular flexibility index (Phi) is 2.75. The first-order valence-corrected chi connectivity index (χ1v) is 6.39. The van der Waals surface area contributed by atoms with Crippen LogP contribution in [0.4, 0.5) is 11.4 Å². The zero-order chi connectivity index (χ0) is 13.4. The highest BCUT2D eigenvalue weighted by Gasteiger charge is 2.26. The van der Waals surface area contributed by atoms with Crippen molar-refractivity contribution in [3.05, 3.63) is 59.2 Å². The van der Waals surface area contributed by atoms with Crippen LogP contribution in [-0.2, 0) is 4.79 Å². The average Bonchev–Trinajstić information content (AvgIpc) is 2.41. The number of fused-ring (bicyclic) bond motifs is 1. The number of anilines is 2. The summed E-state index contributed by atoms with van der Waals surface area (Å²) >= 11 is 0. The molecule has 0 saturated heterocycles. The molecular weight excluding hydrogens is 236 g/mol. The Morgan fingerprint density at radius 2 is 1.58 bits per heavy atom. The number of aryl methyl sites for hydroxylation is 2. The third kappa shape index (κ3) is 2.08. The maximum atomic E-state index is 12.2. The summed E-state index contributed by atoms with van der Waals surface area (Å²) in [6.45, 7) is 4.12. The van der Waals surface area contributed by atoms with Crippen LogP contribution in [0.1, 0.15) is 22.7 Å². The van der Waals surface area contributed by atoms with Gasteiger partial charge in [-0.15, -0.1) is 0 Å². The summed E-state index contributed by atoms with van der Waals surface area (Å²) in [5, 5.41) is 6.29. The van der Waals surface area contributed by atoms with Crippen LogP contribution in [0.15, 0.2) is 42.5 Å². The summed E-state index contributed by atoms with van der Waals surface area (Å²) in [5.41, 5.74) is 5.22. The molecule has 0 aliphatic carbocycles. The largest absolute Gasteiger partial charge is 0.368 e. The lowest BCUT2D eigenvalue weighted by molar-refractivity contribution is -0.117. The molecule has 96 valence electrons. The van der Waals surface area contributed by atoms with Crippen molar-refractivity contribution >= 4 is 17.3 Å². The fraction of sp³-hybridized carbons (Fsp3) is 0.188. The van der Waals surface area contributed by atoms with E-state index in [1.165, 1.54) is 11.1 Å². The number of amides is 1. The molecule has 1 amide bonds. The highest BCUT2D eigenvalue weighted by Crippen LogP contribution is 2.34. The van der Waals surface area contributed by atoms with E-state index < -0.39 is 0 Å². The normalized spacial score (nSPS) is 17.4. The van der Waals surface area contributed by atoms with Crippen molar-refractivity contribution in [1.82, 2.24) is 0 Å². The highest BCUT2D eigenvalue weighted by atomic mass is 16.2. The van der Waals surface area contributed by atoms with Gasteiger partial charge in [-0.3, -0.25) is 4.79 Å². The van der Waals surface area contributed by atoms with E-state index in [-0.39, 0.29) is 11.9 Å². The van der Waals surface area contributed by atoms with Crippen LogP contribution in [0.5, 0.6) is 0 Å². The van der Waals surface area contributed by atoms with Crippen molar-refractivity contribution in [1.29, 1.82) is 0 Å². The van der Waals surface area contributed by atoms with Gasteiger partial charge in [0, 0.05) is 0 Å². The number of carbonyl (C=O) groups excluding carboxylic acids is 1. The van der Waals surface area contributed by atoms with Gasteiger partial charge < -0.3 is 10.6 Å². The maximum absolute atomic E-state index is 12.2. The molecule has 0 spiro atoms. The Bertz CT molecular complexity index is 635. The van der Waals surface area contributed by atoms with E-state index >= 15 is 0 Å².